The quantitative estimate of drug-likeness (QED) is 0.682. The van der Waals surface area contributed by atoms with E-state index in [1.165, 1.54) is 36.7 Å². The Morgan fingerprint density at radius 3 is 2.24 bits per heavy atom. The first kappa shape index (κ1) is 21.1. The monoisotopic (exact) mass is 420 g/mol. The number of methoxy groups -OCH3 is 2. The van der Waals surface area contributed by atoms with Gasteiger partial charge in [0.2, 0.25) is 10.0 Å². The van der Waals surface area contributed by atoms with Crippen molar-refractivity contribution in [3.63, 3.8) is 0 Å². The maximum atomic E-state index is 12.8. The van der Waals surface area contributed by atoms with Crippen LogP contribution in [0, 0.1) is 0 Å². The minimum absolute atomic E-state index is 0.00798. The number of piperazine rings is 1. The highest BCUT2D eigenvalue weighted by Gasteiger charge is 2.29. The second-order valence-electron chi connectivity index (χ2n) is 6.70. The van der Waals surface area contributed by atoms with Crippen molar-refractivity contribution >= 4 is 16.3 Å². The Morgan fingerprint density at radius 1 is 1.03 bits per heavy atom. The predicted octanol–water partition coefficient (Wildman–Crippen LogP) is 1.73. The molecule has 1 N–H and O–H groups in total. The molecule has 2 aromatic carbocycles. The van der Waals surface area contributed by atoms with Gasteiger partial charge in [-0.2, -0.15) is 4.31 Å². The Hall–Kier alpha value is -2.62. The fraction of sp³-hybridized carbons (Fsp3) is 0.350. The Bertz CT molecular complexity index is 967. The van der Waals surface area contributed by atoms with Crippen LogP contribution in [0.1, 0.15) is 15.9 Å². The molecule has 2 aromatic rings. The lowest BCUT2D eigenvalue weighted by molar-refractivity contribution is 0.112. The SMILES string of the molecule is COc1ccc(S(=O)(=O)N2CCN(Cc3cc(C=O)cc(OC)c3O)CC2)cc1. The molecule has 9 heteroatoms. The topological polar surface area (TPSA) is 96.4 Å². The van der Waals surface area contributed by atoms with Gasteiger partial charge in [0.1, 0.15) is 12.0 Å². The summed E-state index contributed by atoms with van der Waals surface area (Å²) < 4.78 is 37.3. The number of hydrogen-bond acceptors (Lipinski definition) is 7. The summed E-state index contributed by atoms with van der Waals surface area (Å²) in [5.74, 6) is 0.832. The summed E-state index contributed by atoms with van der Waals surface area (Å²) >= 11 is 0. The van der Waals surface area contributed by atoms with Gasteiger partial charge < -0.3 is 14.6 Å². The number of hydrogen-bond donors (Lipinski definition) is 1. The minimum Gasteiger partial charge on any atom is -0.504 e. The Labute approximate surface area is 170 Å². The van der Waals surface area contributed by atoms with E-state index in [1.807, 2.05) is 4.90 Å². The fourth-order valence-electron chi connectivity index (χ4n) is 3.30. The number of aldehydes is 1. The number of phenols is 1. The molecule has 156 valence electrons. The second-order valence-corrected chi connectivity index (χ2v) is 8.64. The summed E-state index contributed by atoms with van der Waals surface area (Å²) in [6, 6.07) is 9.42. The highest BCUT2D eigenvalue weighted by molar-refractivity contribution is 7.89. The van der Waals surface area contributed by atoms with Crippen LogP contribution in [0.25, 0.3) is 0 Å². The first-order chi connectivity index (χ1) is 13.9. The average Bonchev–Trinajstić information content (AvgIpc) is 2.75. The number of benzene rings is 2. The number of phenolic OH excluding ortho intramolecular Hbond substituents is 1. The van der Waals surface area contributed by atoms with E-state index in [4.69, 9.17) is 9.47 Å². The summed E-state index contributed by atoms with van der Waals surface area (Å²) in [4.78, 5) is 13.4. The molecule has 1 fully saturated rings. The molecule has 3 rings (SSSR count). The van der Waals surface area contributed by atoms with E-state index < -0.39 is 10.0 Å². The highest BCUT2D eigenvalue weighted by Crippen LogP contribution is 2.32. The van der Waals surface area contributed by atoms with Gasteiger partial charge in [-0.05, 0) is 36.4 Å². The first-order valence-corrected chi connectivity index (χ1v) is 10.5. The minimum atomic E-state index is -3.58. The van der Waals surface area contributed by atoms with Gasteiger partial charge in [-0.3, -0.25) is 9.69 Å². The number of carbonyl (C=O) groups excluding carboxylic acids is 1. The van der Waals surface area contributed by atoms with Crippen LogP contribution in [-0.2, 0) is 16.6 Å². The van der Waals surface area contributed by atoms with Gasteiger partial charge in [-0.1, -0.05) is 0 Å². The van der Waals surface area contributed by atoms with Crippen molar-refractivity contribution in [2.75, 3.05) is 40.4 Å². The van der Waals surface area contributed by atoms with Crippen molar-refractivity contribution in [2.45, 2.75) is 11.4 Å². The van der Waals surface area contributed by atoms with E-state index in [-0.39, 0.29) is 16.4 Å². The number of nitrogens with zero attached hydrogens (tertiary/aromatic N) is 2. The molecule has 29 heavy (non-hydrogen) atoms. The first-order valence-electron chi connectivity index (χ1n) is 9.10. The van der Waals surface area contributed by atoms with Crippen molar-refractivity contribution < 1.29 is 27.8 Å². The molecule has 0 spiro atoms. The van der Waals surface area contributed by atoms with Gasteiger partial charge in [-0.25, -0.2) is 8.42 Å². The molecule has 0 saturated carbocycles. The lowest BCUT2D eigenvalue weighted by Gasteiger charge is -2.34. The van der Waals surface area contributed by atoms with Crippen molar-refractivity contribution in [1.29, 1.82) is 0 Å². The summed E-state index contributed by atoms with van der Waals surface area (Å²) in [7, 11) is -0.622. The fourth-order valence-corrected chi connectivity index (χ4v) is 4.72. The second kappa shape index (κ2) is 8.81. The molecule has 0 atom stereocenters. The van der Waals surface area contributed by atoms with Crippen molar-refractivity contribution in [3.8, 4) is 17.2 Å². The van der Waals surface area contributed by atoms with Crippen LogP contribution in [-0.4, -0.2) is 69.4 Å². The van der Waals surface area contributed by atoms with Crippen molar-refractivity contribution in [3.05, 3.63) is 47.5 Å². The molecule has 1 saturated heterocycles. The molecule has 8 nitrogen and oxygen atoms in total. The van der Waals surface area contributed by atoms with E-state index in [2.05, 4.69) is 0 Å². The van der Waals surface area contributed by atoms with E-state index in [1.54, 1.807) is 18.2 Å². The lowest BCUT2D eigenvalue weighted by Crippen LogP contribution is -2.48. The van der Waals surface area contributed by atoms with Gasteiger partial charge in [0.05, 0.1) is 19.1 Å². The van der Waals surface area contributed by atoms with E-state index in [0.29, 0.717) is 55.9 Å². The van der Waals surface area contributed by atoms with E-state index in [9.17, 15) is 18.3 Å². The molecule has 0 bridgehead atoms. The molecular formula is C20H24N2O6S. The zero-order valence-electron chi connectivity index (χ0n) is 16.4. The third kappa shape index (κ3) is 4.52. The standard InChI is InChI=1S/C20H24N2O6S/c1-27-17-3-5-18(6-4-17)29(25,26)22-9-7-21(8-10-22)13-16-11-15(14-23)12-19(28-2)20(16)24/h3-6,11-12,14,24H,7-10,13H2,1-2H3. The summed E-state index contributed by atoms with van der Waals surface area (Å²) in [5, 5.41) is 10.3. The molecule has 1 heterocycles. The van der Waals surface area contributed by atoms with Gasteiger partial charge >= 0.3 is 0 Å². The number of aromatic hydroxyl groups is 1. The van der Waals surface area contributed by atoms with Crippen LogP contribution in [0.5, 0.6) is 17.2 Å². The molecule has 0 aliphatic carbocycles. The predicted molar refractivity (Wildman–Crippen MR) is 107 cm³/mol. The van der Waals surface area contributed by atoms with E-state index in [0.717, 1.165) is 0 Å². The number of carbonyl (C=O) groups is 1. The molecular weight excluding hydrogens is 396 g/mol. The smallest absolute Gasteiger partial charge is 0.243 e. The Kier molecular flexibility index (Phi) is 6.41. The van der Waals surface area contributed by atoms with Gasteiger partial charge in [-0.15, -0.1) is 0 Å². The number of rotatable bonds is 7. The summed E-state index contributed by atoms with van der Waals surface area (Å²) in [6.45, 7) is 2.06. The average molecular weight is 420 g/mol. The third-order valence-corrected chi connectivity index (χ3v) is 6.87. The number of sulfonamides is 1. The van der Waals surface area contributed by atoms with Crippen LogP contribution in [0.2, 0.25) is 0 Å². The van der Waals surface area contributed by atoms with E-state index >= 15 is 0 Å². The third-order valence-electron chi connectivity index (χ3n) is 4.95. The Morgan fingerprint density at radius 2 is 1.69 bits per heavy atom. The van der Waals surface area contributed by atoms with Crippen LogP contribution < -0.4 is 9.47 Å². The van der Waals surface area contributed by atoms with Gasteiger partial charge in [0, 0.05) is 43.9 Å². The normalized spacial score (nSPS) is 15.8. The maximum absolute atomic E-state index is 12.8. The highest BCUT2D eigenvalue weighted by atomic mass is 32.2. The maximum Gasteiger partial charge on any atom is 0.243 e. The zero-order valence-corrected chi connectivity index (χ0v) is 17.2. The molecule has 1 aliphatic rings. The molecule has 1 aliphatic heterocycles. The largest absolute Gasteiger partial charge is 0.504 e. The molecule has 0 amide bonds. The molecule has 0 unspecified atom stereocenters. The number of ether oxygens (including phenoxy) is 2. The Balaban J connectivity index is 1.68. The van der Waals surface area contributed by atoms with Crippen LogP contribution >= 0.6 is 0 Å². The lowest BCUT2D eigenvalue weighted by atomic mass is 10.1. The van der Waals surface area contributed by atoms with Crippen LogP contribution in [0.4, 0.5) is 0 Å². The molecule has 0 radical (unpaired) electrons. The zero-order chi connectivity index (χ0) is 21.0. The van der Waals surface area contributed by atoms with Crippen molar-refractivity contribution in [1.82, 2.24) is 9.21 Å². The molecule has 0 aromatic heterocycles. The summed E-state index contributed by atoms with van der Waals surface area (Å²) in [6.07, 6.45) is 0.699. The van der Waals surface area contributed by atoms with Gasteiger partial charge in [0.15, 0.2) is 11.5 Å². The van der Waals surface area contributed by atoms with Gasteiger partial charge in [0.25, 0.3) is 0 Å². The van der Waals surface area contributed by atoms with Crippen LogP contribution in [0.3, 0.4) is 0 Å². The van der Waals surface area contributed by atoms with Crippen LogP contribution in [0.15, 0.2) is 41.3 Å². The van der Waals surface area contributed by atoms with Crippen molar-refractivity contribution in [2.24, 2.45) is 0 Å². The summed E-state index contributed by atoms with van der Waals surface area (Å²) in [5.41, 5.74) is 0.980.